The Bertz CT molecular complexity index is 1590. The normalized spacial score (nSPS) is 11.5. The Morgan fingerprint density at radius 3 is 1.77 bits per heavy atom. The number of para-hydroxylation sites is 1. The van der Waals surface area contributed by atoms with Crippen molar-refractivity contribution < 1.29 is 4.57 Å². The lowest BCUT2D eigenvalue weighted by Gasteiger charge is -2.17. The molecule has 0 spiro atoms. The molecule has 0 aliphatic rings. The molecular formula is C29H22N2. The average molecular weight is 399 g/mol. The fourth-order valence-corrected chi connectivity index (χ4v) is 4.81. The number of aryl methyl sites for hydroxylation is 2. The van der Waals surface area contributed by atoms with Crippen LogP contribution in [-0.4, -0.2) is 4.57 Å². The van der Waals surface area contributed by atoms with Crippen LogP contribution in [0.25, 0.3) is 49.4 Å². The van der Waals surface area contributed by atoms with Crippen LogP contribution < -0.4 is 4.57 Å². The Morgan fingerprint density at radius 2 is 1.16 bits per heavy atom. The number of rotatable bonds is 2. The number of aromatic nitrogens is 2. The van der Waals surface area contributed by atoms with E-state index in [1.165, 1.54) is 43.4 Å². The molecule has 0 aliphatic heterocycles. The minimum atomic E-state index is 1.11. The summed E-state index contributed by atoms with van der Waals surface area (Å²) in [6.45, 7) is 2.21. The summed E-state index contributed by atoms with van der Waals surface area (Å²) >= 11 is 0. The van der Waals surface area contributed by atoms with Crippen molar-refractivity contribution in [2.24, 2.45) is 7.05 Å². The number of imidazole rings is 1. The zero-order valence-corrected chi connectivity index (χ0v) is 17.6. The Balaban J connectivity index is 1.74. The molecule has 6 aromatic rings. The zero-order valence-electron chi connectivity index (χ0n) is 17.6. The summed E-state index contributed by atoms with van der Waals surface area (Å²) in [6.07, 6.45) is 5.41. The van der Waals surface area contributed by atoms with Crippen LogP contribution in [0.15, 0.2) is 97.2 Å². The lowest BCUT2D eigenvalue weighted by Crippen LogP contribution is -2.32. The second kappa shape index (κ2) is 6.82. The van der Waals surface area contributed by atoms with Crippen LogP contribution in [-0.2, 0) is 7.05 Å². The van der Waals surface area contributed by atoms with Gasteiger partial charge in [0.2, 0.25) is 0 Å². The van der Waals surface area contributed by atoms with Gasteiger partial charge in [0.1, 0.15) is 0 Å². The van der Waals surface area contributed by atoms with Gasteiger partial charge < -0.3 is 4.57 Å². The van der Waals surface area contributed by atoms with Gasteiger partial charge in [-0.05, 0) is 44.8 Å². The molecule has 6 rings (SSSR count). The maximum absolute atomic E-state index is 3.41. The third-order valence-corrected chi connectivity index (χ3v) is 6.27. The molecule has 0 saturated carbocycles. The topological polar surface area (TPSA) is 8.81 Å². The zero-order chi connectivity index (χ0) is 20.9. The summed E-state index contributed by atoms with van der Waals surface area (Å²) in [7, 11) is 2.09. The molecule has 31 heavy (non-hydrogen) atoms. The van der Waals surface area contributed by atoms with Crippen molar-refractivity contribution in [3.8, 4) is 17.1 Å². The van der Waals surface area contributed by atoms with E-state index in [0.29, 0.717) is 0 Å². The van der Waals surface area contributed by atoms with Crippen molar-refractivity contribution in [3.05, 3.63) is 109 Å². The molecule has 0 saturated heterocycles. The van der Waals surface area contributed by atoms with Gasteiger partial charge in [-0.3, -0.25) is 4.57 Å². The van der Waals surface area contributed by atoms with Crippen LogP contribution >= 0.6 is 0 Å². The molecule has 5 aromatic carbocycles. The van der Waals surface area contributed by atoms with E-state index in [0.717, 1.165) is 11.5 Å². The van der Waals surface area contributed by atoms with E-state index in [9.17, 15) is 0 Å². The predicted octanol–water partition coefficient (Wildman–Crippen LogP) is 6.54. The van der Waals surface area contributed by atoms with Crippen molar-refractivity contribution in [2.75, 3.05) is 0 Å². The minimum absolute atomic E-state index is 1.11. The lowest BCUT2D eigenvalue weighted by atomic mass is 9.91. The van der Waals surface area contributed by atoms with Gasteiger partial charge in [0.05, 0.1) is 19.4 Å². The Labute approximate surface area is 181 Å². The highest BCUT2D eigenvalue weighted by atomic mass is 15.1. The van der Waals surface area contributed by atoms with E-state index in [2.05, 4.69) is 114 Å². The number of fused-ring (bicyclic) bond motifs is 6. The summed E-state index contributed by atoms with van der Waals surface area (Å²) < 4.78 is 4.31. The van der Waals surface area contributed by atoms with E-state index in [1.54, 1.807) is 0 Å². The van der Waals surface area contributed by atoms with Crippen molar-refractivity contribution in [1.82, 2.24) is 4.57 Å². The average Bonchev–Trinajstić information content (AvgIpc) is 3.20. The summed E-state index contributed by atoms with van der Waals surface area (Å²) in [4.78, 5) is 0. The van der Waals surface area contributed by atoms with E-state index >= 15 is 0 Å². The van der Waals surface area contributed by atoms with Gasteiger partial charge >= 0.3 is 0 Å². The molecular weight excluding hydrogens is 376 g/mol. The standard InChI is InChI=1S/C29H22N2/c1-20-18-27-24-14-8-6-12-22(24)23-13-7-9-15-25(23)28(27)19-26(20)29-30(2)16-17-31(29)21-10-4-3-5-11-21/h3-16,18-19H,1-2H3. The molecule has 1 heterocycles. The molecule has 0 radical (unpaired) electrons. The first-order valence-corrected chi connectivity index (χ1v) is 10.6. The second-order valence-electron chi connectivity index (χ2n) is 8.17. The fraction of sp³-hybridized carbons (Fsp3) is 0.0690. The van der Waals surface area contributed by atoms with E-state index in [-0.39, 0.29) is 0 Å². The highest BCUT2D eigenvalue weighted by Gasteiger charge is 2.16. The van der Waals surface area contributed by atoms with Crippen molar-refractivity contribution in [1.29, 1.82) is 0 Å². The van der Waals surface area contributed by atoms with Gasteiger partial charge in [-0.15, -0.1) is 0 Å². The molecule has 148 valence electrons. The Morgan fingerprint density at radius 1 is 0.645 bits per heavy atom. The maximum atomic E-state index is 3.41. The van der Waals surface area contributed by atoms with Crippen LogP contribution in [0.1, 0.15) is 5.56 Å². The third-order valence-electron chi connectivity index (χ3n) is 6.27. The molecule has 0 aliphatic carbocycles. The SMILES string of the molecule is Cc1cc2c3ccccc3c3ccccc3c2cc1-c1n(C)c[c-][n+]1-c1ccccc1. The largest absolute Gasteiger partial charge is 0.356 e. The quantitative estimate of drug-likeness (QED) is 0.178. The molecule has 2 nitrogen and oxygen atoms in total. The summed E-state index contributed by atoms with van der Waals surface area (Å²) in [5, 5.41) is 7.80. The van der Waals surface area contributed by atoms with E-state index < -0.39 is 0 Å². The third kappa shape index (κ3) is 2.69. The fourth-order valence-electron chi connectivity index (χ4n) is 4.81. The summed E-state index contributed by atoms with van der Waals surface area (Å²) in [6, 6.07) is 32.6. The van der Waals surface area contributed by atoms with Gasteiger partial charge in [-0.25, -0.2) is 0 Å². The first-order chi connectivity index (χ1) is 15.2. The second-order valence-corrected chi connectivity index (χ2v) is 8.17. The molecule has 2 heteroatoms. The maximum Gasteiger partial charge on any atom is 0.185 e. The highest BCUT2D eigenvalue weighted by molar-refractivity contribution is 6.25. The minimum Gasteiger partial charge on any atom is -0.356 e. The highest BCUT2D eigenvalue weighted by Crippen LogP contribution is 2.38. The number of benzene rings is 5. The van der Waals surface area contributed by atoms with Crippen LogP contribution in [0.5, 0.6) is 0 Å². The molecule has 0 amide bonds. The van der Waals surface area contributed by atoms with E-state index in [1.807, 2.05) is 12.3 Å². The Kier molecular flexibility index (Phi) is 3.94. The van der Waals surface area contributed by atoms with Crippen molar-refractivity contribution >= 4 is 32.3 Å². The first kappa shape index (κ1) is 17.9. The summed E-state index contributed by atoms with van der Waals surface area (Å²) in [5.41, 5.74) is 3.59. The van der Waals surface area contributed by atoms with Gasteiger partial charge in [0.25, 0.3) is 0 Å². The monoisotopic (exact) mass is 398 g/mol. The van der Waals surface area contributed by atoms with Crippen molar-refractivity contribution in [2.45, 2.75) is 6.92 Å². The van der Waals surface area contributed by atoms with Gasteiger partial charge in [-0.2, -0.15) is 0 Å². The smallest absolute Gasteiger partial charge is 0.185 e. The first-order valence-electron chi connectivity index (χ1n) is 10.6. The van der Waals surface area contributed by atoms with Crippen LogP contribution in [0.4, 0.5) is 0 Å². The molecule has 0 N–H and O–H groups in total. The van der Waals surface area contributed by atoms with Gasteiger partial charge in [0, 0.05) is 11.3 Å². The van der Waals surface area contributed by atoms with Gasteiger partial charge in [0.15, 0.2) is 5.82 Å². The van der Waals surface area contributed by atoms with Crippen LogP contribution in [0, 0.1) is 13.1 Å². The van der Waals surface area contributed by atoms with Crippen LogP contribution in [0.2, 0.25) is 0 Å². The number of hydrogen-bond acceptors (Lipinski definition) is 0. The molecule has 1 aromatic heterocycles. The van der Waals surface area contributed by atoms with Gasteiger partial charge in [-0.1, -0.05) is 91.0 Å². The molecule has 0 fully saturated rings. The van der Waals surface area contributed by atoms with Crippen LogP contribution in [0.3, 0.4) is 0 Å². The molecule has 0 bridgehead atoms. The van der Waals surface area contributed by atoms with Crippen molar-refractivity contribution in [3.63, 3.8) is 0 Å². The number of nitrogens with zero attached hydrogens (tertiary/aromatic N) is 2. The predicted molar refractivity (Wildman–Crippen MR) is 128 cm³/mol. The Hall–Kier alpha value is -3.91. The summed E-state index contributed by atoms with van der Waals surface area (Å²) in [5.74, 6) is 1.13. The number of hydrogen-bond donors (Lipinski definition) is 0. The van der Waals surface area contributed by atoms with E-state index in [4.69, 9.17) is 0 Å². The lowest BCUT2D eigenvalue weighted by molar-refractivity contribution is -0.587. The molecule has 0 atom stereocenters. The molecule has 0 unspecified atom stereocenters.